The monoisotopic (exact) mass is 417 g/mol. The third-order valence-corrected chi connectivity index (χ3v) is 5.02. The summed E-state index contributed by atoms with van der Waals surface area (Å²) in [5, 5.41) is 6.35. The number of halogens is 5. The van der Waals surface area contributed by atoms with Gasteiger partial charge in [-0.25, -0.2) is 4.39 Å². The van der Waals surface area contributed by atoms with E-state index in [2.05, 4.69) is 10.4 Å². The topological polar surface area (TPSA) is 46.9 Å². The van der Waals surface area contributed by atoms with Crippen LogP contribution in [0.4, 0.5) is 22.6 Å². The second kappa shape index (κ2) is 7.32. The maximum atomic E-state index is 14.4. The van der Waals surface area contributed by atoms with Gasteiger partial charge in [0, 0.05) is 12.6 Å². The zero-order chi connectivity index (χ0) is 19.8. The van der Waals surface area contributed by atoms with Crippen LogP contribution in [0.1, 0.15) is 23.0 Å². The van der Waals surface area contributed by atoms with Gasteiger partial charge in [0.25, 0.3) is 5.91 Å². The first-order valence-electron chi connectivity index (χ1n) is 7.71. The largest absolute Gasteiger partial charge is 0.435 e. The molecule has 0 aliphatic rings. The summed E-state index contributed by atoms with van der Waals surface area (Å²) in [7, 11) is 0. The van der Waals surface area contributed by atoms with Gasteiger partial charge in [-0.15, -0.1) is 11.3 Å². The maximum absolute atomic E-state index is 14.4. The molecule has 0 saturated carbocycles. The van der Waals surface area contributed by atoms with Crippen LogP contribution in [0.15, 0.2) is 36.4 Å². The summed E-state index contributed by atoms with van der Waals surface area (Å²) in [6, 6.07) is 8.17. The average Bonchev–Trinajstić information content (AvgIpc) is 3.18. The Labute approximate surface area is 160 Å². The van der Waals surface area contributed by atoms with E-state index in [1.165, 1.54) is 12.1 Å². The Kier molecular flexibility index (Phi) is 5.25. The normalized spacial score (nSPS) is 11.6. The maximum Gasteiger partial charge on any atom is 0.435 e. The van der Waals surface area contributed by atoms with Crippen molar-refractivity contribution in [3.8, 4) is 10.6 Å². The molecule has 3 rings (SSSR count). The SMILES string of the molecule is CCn1nc(C(F)(F)F)cc1-c1sc(NC(=O)c2ccccc2Cl)cc1F. The zero-order valence-electron chi connectivity index (χ0n) is 13.8. The molecule has 1 amide bonds. The third kappa shape index (κ3) is 3.98. The van der Waals surface area contributed by atoms with Crippen LogP contribution in [0.3, 0.4) is 0 Å². The molecule has 2 heterocycles. The predicted octanol–water partition coefficient (Wildman–Crippen LogP) is 5.70. The molecule has 0 spiro atoms. The number of amides is 1. The number of hydrogen-bond acceptors (Lipinski definition) is 3. The molecule has 0 saturated heterocycles. The fourth-order valence-electron chi connectivity index (χ4n) is 2.41. The smallest absolute Gasteiger partial charge is 0.313 e. The second-order valence-corrected chi connectivity index (χ2v) is 6.91. The van der Waals surface area contributed by atoms with Crippen molar-refractivity contribution < 1.29 is 22.4 Å². The standard InChI is InChI=1S/C17H12ClF4N3OS/c1-2-25-12(8-13(24-25)17(20,21)22)15-11(19)7-14(27-15)23-16(26)9-5-3-4-6-10(9)18/h3-8H,2H2,1H3,(H,23,26). The van der Waals surface area contributed by atoms with Gasteiger partial charge in [-0.1, -0.05) is 23.7 Å². The van der Waals surface area contributed by atoms with Crippen molar-refractivity contribution in [2.24, 2.45) is 0 Å². The quantitative estimate of drug-likeness (QED) is 0.554. The molecule has 0 bridgehead atoms. The highest BCUT2D eigenvalue weighted by atomic mass is 35.5. The lowest BCUT2D eigenvalue weighted by molar-refractivity contribution is -0.141. The van der Waals surface area contributed by atoms with Gasteiger partial charge in [-0.2, -0.15) is 18.3 Å². The highest BCUT2D eigenvalue weighted by molar-refractivity contribution is 7.19. The Bertz CT molecular complexity index is 996. The van der Waals surface area contributed by atoms with Crippen LogP contribution >= 0.6 is 22.9 Å². The Morgan fingerprint density at radius 1 is 1.30 bits per heavy atom. The van der Waals surface area contributed by atoms with Crippen LogP contribution < -0.4 is 5.32 Å². The Morgan fingerprint density at radius 2 is 2.00 bits per heavy atom. The molecule has 27 heavy (non-hydrogen) atoms. The summed E-state index contributed by atoms with van der Waals surface area (Å²) < 4.78 is 54.1. The van der Waals surface area contributed by atoms with Gasteiger partial charge in [0.05, 0.1) is 26.2 Å². The highest BCUT2D eigenvalue weighted by Gasteiger charge is 2.35. The number of carbonyl (C=O) groups excluding carboxylic acids is 1. The first-order valence-corrected chi connectivity index (χ1v) is 8.90. The van der Waals surface area contributed by atoms with Crippen LogP contribution in [0.25, 0.3) is 10.6 Å². The van der Waals surface area contributed by atoms with E-state index >= 15 is 0 Å². The molecule has 2 aromatic heterocycles. The second-order valence-electron chi connectivity index (χ2n) is 5.45. The van der Waals surface area contributed by atoms with Gasteiger partial charge in [-0.05, 0) is 25.1 Å². The molecule has 1 aromatic carbocycles. The van der Waals surface area contributed by atoms with Crippen molar-refractivity contribution in [3.63, 3.8) is 0 Å². The van der Waals surface area contributed by atoms with Crippen LogP contribution in [0.2, 0.25) is 5.02 Å². The summed E-state index contributed by atoms with van der Waals surface area (Å²) in [6.07, 6.45) is -4.63. The number of benzene rings is 1. The predicted molar refractivity (Wildman–Crippen MR) is 95.6 cm³/mol. The van der Waals surface area contributed by atoms with E-state index in [0.29, 0.717) is 0 Å². The molecule has 0 unspecified atom stereocenters. The molecule has 10 heteroatoms. The van der Waals surface area contributed by atoms with E-state index < -0.39 is 23.6 Å². The lowest BCUT2D eigenvalue weighted by Gasteiger charge is -2.04. The molecule has 0 atom stereocenters. The average molecular weight is 418 g/mol. The number of nitrogens with one attached hydrogen (secondary N) is 1. The number of nitrogens with zero attached hydrogens (tertiary/aromatic N) is 2. The lowest BCUT2D eigenvalue weighted by Crippen LogP contribution is -2.11. The van der Waals surface area contributed by atoms with E-state index in [0.717, 1.165) is 28.2 Å². The number of rotatable bonds is 4. The number of aromatic nitrogens is 2. The first kappa shape index (κ1) is 19.4. The van der Waals surface area contributed by atoms with E-state index in [-0.39, 0.29) is 32.7 Å². The summed E-state index contributed by atoms with van der Waals surface area (Å²) >= 11 is 6.77. The lowest BCUT2D eigenvalue weighted by atomic mass is 10.2. The summed E-state index contributed by atoms with van der Waals surface area (Å²) in [4.78, 5) is 12.2. The molecular formula is C17H12ClF4N3OS. The van der Waals surface area contributed by atoms with Crippen molar-refractivity contribution in [1.82, 2.24) is 9.78 Å². The van der Waals surface area contributed by atoms with Crippen LogP contribution in [-0.2, 0) is 12.7 Å². The van der Waals surface area contributed by atoms with Crippen molar-refractivity contribution in [2.45, 2.75) is 19.6 Å². The number of hydrogen-bond donors (Lipinski definition) is 1. The Hall–Kier alpha value is -2.39. The van der Waals surface area contributed by atoms with E-state index in [1.807, 2.05) is 0 Å². The third-order valence-electron chi connectivity index (χ3n) is 3.64. The molecule has 3 aromatic rings. The fourth-order valence-corrected chi connectivity index (χ4v) is 3.58. The highest BCUT2D eigenvalue weighted by Crippen LogP contribution is 2.38. The van der Waals surface area contributed by atoms with Crippen LogP contribution in [0, 0.1) is 5.82 Å². The van der Waals surface area contributed by atoms with Gasteiger partial charge in [-0.3, -0.25) is 9.48 Å². The summed E-state index contributed by atoms with van der Waals surface area (Å²) in [5.74, 6) is -1.30. The van der Waals surface area contributed by atoms with E-state index in [4.69, 9.17) is 11.6 Å². The van der Waals surface area contributed by atoms with Gasteiger partial charge >= 0.3 is 6.18 Å². The van der Waals surface area contributed by atoms with Crippen molar-refractivity contribution in [2.75, 3.05) is 5.32 Å². The van der Waals surface area contributed by atoms with Gasteiger partial charge in [0.15, 0.2) is 5.69 Å². The summed E-state index contributed by atoms with van der Waals surface area (Å²) in [5.41, 5.74) is -0.910. The Morgan fingerprint density at radius 3 is 2.63 bits per heavy atom. The minimum absolute atomic E-state index is 0.00873. The van der Waals surface area contributed by atoms with Gasteiger partial charge < -0.3 is 5.32 Å². The molecule has 0 aliphatic carbocycles. The van der Waals surface area contributed by atoms with Crippen molar-refractivity contribution in [1.29, 1.82) is 0 Å². The fraction of sp³-hybridized carbons (Fsp3) is 0.176. The summed E-state index contributed by atoms with van der Waals surface area (Å²) in [6.45, 7) is 1.73. The minimum atomic E-state index is -4.63. The number of anilines is 1. The van der Waals surface area contributed by atoms with Gasteiger partial charge in [0.2, 0.25) is 0 Å². The van der Waals surface area contributed by atoms with E-state index in [1.54, 1.807) is 19.1 Å². The minimum Gasteiger partial charge on any atom is -0.313 e. The number of alkyl halides is 3. The molecule has 0 radical (unpaired) electrons. The van der Waals surface area contributed by atoms with Crippen LogP contribution in [0.5, 0.6) is 0 Å². The van der Waals surface area contributed by atoms with Crippen molar-refractivity contribution >= 4 is 33.8 Å². The number of aryl methyl sites for hydroxylation is 1. The molecule has 1 N–H and O–H groups in total. The molecule has 142 valence electrons. The van der Waals surface area contributed by atoms with Gasteiger partial charge in [0.1, 0.15) is 5.82 Å². The first-order chi connectivity index (χ1) is 12.7. The Balaban J connectivity index is 1.93. The van der Waals surface area contributed by atoms with Crippen molar-refractivity contribution in [3.05, 3.63) is 58.5 Å². The molecule has 0 fully saturated rings. The molecule has 4 nitrogen and oxygen atoms in total. The van der Waals surface area contributed by atoms with Crippen LogP contribution in [-0.4, -0.2) is 15.7 Å². The molecular weight excluding hydrogens is 406 g/mol. The molecule has 0 aliphatic heterocycles. The number of thiophene rings is 1. The number of carbonyl (C=O) groups is 1. The van der Waals surface area contributed by atoms with E-state index in [9.17, 15) is 22.4 Å². The zero-order valence-corrected chi connectivity index (χ0v) is 15.3.